The van der Waals surface area contributed by atoms with Crippen LogP contribution in [0.2, 0.25) is 0 Å². The number of carbonyl (C=O) groups is 2. The smallest absolute Gasteiger partial charge is 0.320 e. The van der Waals surface area contributed by atoms with Crippen molar-refractivity contribution in [1.82, 2.24) is 0 Å². The minimum atomic E-state index is -0.833. The van der Waals surface area contributed by atoms with Crippen molar-refractivity contribution in [3.05, 3.63) is 0 Å². The van der Waals surface area contributed by atoms with Gasteiger partial charge in [-0.15, -0.1) is 0 Å². The molecule has 0 saturated heterocycles. The predicted molar refractivity (Wildman–Crippen MR) is 77.0 cm³/mol. The average molecular weight is 284 g/mol. The largest absolute Gasteiger partial charge is 0.465 e. The number of hydrogen-bond acceptors (Lipinski definition) is 4. The Labute approximate surface area is 122 Å². The van der Waals surface area contributed by atoms with Gasteiger partial charge in [-0.3, -0.25) is 9.59 Å². The molecule has 20 heavy (non-hydrogen) atoms. The average Bonchev–Trinajstić information content (AvgIpc) is 2.37. The fourth-order valence-corrected chi connectivity index (χ4v) is 2.86. The highest BCUT2D eigenvalue weighted by molar-refractivity contribution is 5.94. The molecule has 116 valence electrons. The van der Waals surface area contributed by atoms with Crippen molar-refractivity contribution in [2.75, 3.05) is 6.61 Å². The first-order valence-corrected chi connectivity index (χ1v) is 7.73. The number of ether oxygens (including phenoxy) is 2. The van der Waals surface area contributed by atoms with Crippen molar-refractivity contribution in [3.8, 4) is 0 Å². The Morgan fingerprint density at radius 3 is 2.35 bits per heavy atom. The van der Waals surface area contributed by atoms with Gasteiger partial charge in [-0.1, -0.05) is 27.2 Å². The van der Waals surface area contributed by atoms with E-state index in [-0.39, 0.29) is 12.7 Å². The molecular formula is C16H28O4. The van der Waals surface area contributed by atoms with Crippen LogP contribution in [0, 0.1) is 23.7 Å². The molecule has 0 aromatic carbocycles. The second kappa shape index (κ2) is 7.65. The van der Waals surface area contributed by atoms with Gasteiger partial charge in [-0.25, -0.2) is 0 Å². The zero-order chi connectivity index (χ0) is 15.3. The second-order valence-corrected chi connectivity index (χ2v) is 6.28. The van der Waals surface area contributed by atoms with E-state index in [0.29, 0.717) is 17.8 Å². The van der Waals surface area contributed by atoms with Crippen LogP contribution in [0.25, 0.3) is 0 Å². The molecule has 0 N–H and O–H groups in total. The molecule has 0 aliphatic heterocycles. The highest BCUT2D eigenvalue weighted by Crippen LogP contribution is 2.35. The Morgan fingerprint density at radius 2 is 1.80 bits per heavy atom. The standard InChI is InChI=1S/C16H28O4/c1-6-19-15(17)12(5)16(18)20-14-9-11(4)7-8-13(14)10(2)3/h10-14H,6-9H2,1-5H3. The van der Waals surface area contributed by atoms with Gasteiger partial charge in [-0.05, 0) is 44.4 Å². The molecule has 1 rings (SSSR count). The summed E-state index contributed by atoms with van der Waals surface area (Å²) in [6.45, 7) is 10.1. The maximum atomic E-state index is 12.1. The highest BCUT2D eigenvalue weighted by Gasteiger charge is 2.35. The van der Waals surface area contributed by atoms with Gasteiger partial charge in [0.2, 0.25) is 0 Å². The van der Waals surface area contributed by atoms with Crippen LogP contribution in [0.3, 0.4) is 0 Å². The number of rotatable bonds is 5. The highest BCUT2D eigenvalue weighted by atomic mass is 16.6. The molecule has 1 aliphatic carbocycles. The van der Waals surface area contributed by atoms with Crippen LogP contribution in [0.4, 0.5) is 0 Å². The van der Waals surface area contributed by atoms with E-state index in [0.717, 1.165) is 12.8 Å². The maximum absolute atomic E-state index is 12.1. The molecule has 4 atom stereocenters. The van der Waals surface area contributed by atoms with Crippen molar-refractivity contribution < 1.29 is 19.1 Å². The first-order valence-electron chi connectivity index (χ1n) is 7.73. The van der Waals surface area contributed by atoms with E-state index in [9.17, 15) is 9.59 Å². The molecule has 4 unspecified atom stereocenters. The summed E-state index contributed by atoms with van der Waals surface area (Å²) < 4.78 is 10.5. The lowest BCUT2D eigenvalue weighted by atomic mass is 9.75. The molecule has 0 bridgehead atoms. The van der Waals surface area contributed by atoms with E-state index in [1.54, 1.807) is 13.8 Å². The van der Waals surface area contributed by atoms with Crippen molar-refractivity contribution in [3.63, 3.8) is 0 Å². The first kappa shape index (κ1) is 17.0. The fourth-order valence-electron chi connectivity index (χ4n) is 2.86. The third-order valence-electron chi connectivity index (χ3n) is 4.22. The van der Waals surface area contributed by atoms with Crippen LogP contribution >= 0.6 is 0 Å². The Kier molecular flexibility index (Phi) is 6.50. The van der Waals surface area contributed by atoms with E-state index in [1.165, 1.54) is 6.42 Å². The van der Waals surface area contributed by atoms with E-state index < -0.39 is 17.9 Å². The summed E-state index contributed by atoms with van der Waals surface area (Å²) >= 11 is 0. The molecule has 0 spiro atoms. The Morgan fingerprint density at radius 1 is 1.15 bits per heavy atom. The van der Waals surface area contributed by atoms with Gasteiger partial charge in [0.25, 0.3) is 0 Å². The summed E-state index contributed by atoms with van der Waals surface area (Å²) in [5.74, 6) is -0.334. The molecule has 0 amide bonds. The van der Waals surface area contributed by atoms with Crippen LogP contribution < -0.4 is 0 Å². The van der Waals surface area contributed by atoms with Gasteiger partial charge in [0.05, 0.1) is 6.61 Å². The van der Waals surface area contributed by atoms with Crippen molar-refractivity contribution >= 4 is 11.9 Å². The van der Waals surface area contributed by atoms with E-state index in [1.807, 2.05) is 0 Å². The monoisotopic (exact) mass is 284 g/mol. The predicted octanol–water partition coefficient (Wildman–Crippen LogP) is 3.19. The van der Waals surface area contributed by atoms with Gasteiger partial charge in [0.1, 0.15) is 6.10 Å². The fraction of sp³-hybridized carbons (Fsp3) is 0.875. The third-order valence-corrected chi connectivity index (χ3v) is 4.22. The first-order chi connectivity index (χ1) is 9.36. The zero-order valence-electron chi connectivity index (χ0n) is 13.3. The minimum Gasteiger partial charge on any atom is -0.465 e. The summed E-state index contributed by atoms with van der Waals surface area (Å²) in [5.41, 5.74) is 0. The number of hydrogen-bond donors (Lipinski definition) is 0. The van der Waals surface area contributed by atoms with Crippen molar-refractivity contribution in [2.24, 2.45) is 23.7 Å². The Balaban J connectivity index is 2.63. The Bertz CT molecular complexity index is 337. The molecule has 0 radical (unpaired) electrons. The molecular weight excluding hydrogens is 256 g/mol. The maximum Gasteiger partial charge on any atom is 0.320 e. The second-order valence-electron chi connectivity index (χ2n) is 6.28. The van der Waals surface area contributed by atoms with Gasteiger partial charge < -0.3 is 9.47 Å². The molecule has 0 heterocycles. The van der Waals surface area contributed by atoms with Crippen LogP contribution in [-0.4, -0.2) is 24.6 Å². The Hall–Kier alpha value is -1.06. The van der Waals surface area contributed by atoms with Gasteiger partial charge in [-0.2, -0.15) is 0 Å². The summed E-state index contributed by atoms with van der Waals surface area (Å²) in [7, 11) is 0. The van der Waals surface area contributed by atoms with Gasteiger partial charge in [0, 0.05) is 0 Å². The van der Waals surface area contributed by atoms with E-state index in [4.69, 9.17) is 9.47 Å². The van der Waals surface area contributed by atoms with Crippen LogP contribution in [0.1, 0.15) is 53.9 Å². The number of esters is 2. The van der Waals surface area contributed by atoms with Crippen LogP contribution in [-0.2, 0) is 19.1 Å². The van der Waals surface area contributed by atoms with Gasteiger partial charge in [0.15, 0.2) is 5.92 Å². The molecule has 1 saturated carbocycles. The zero-order valence-corrected chi connectivity index (χ0v) is 13.3. The summed E-state index contributed by atoms with van der Waals surface area (Å²) in [6.07, 6.45) is 3.10. The lowest BCUT2D eigenvalue weighted by Gasteiger charge is -2.37. The molecule has 4 heteroatoms. The van der Waals surface area contributed by atoms with E-state index in [2.05, 4.69) is 20.8 Å². The topological polar surface area (TPSA) is 52.6 Å². The van der Waals surface area contributed by atoms with Gasteiger partial charge >= 0.3 is 11.9 Å². The molecule has 0 aromatic heterocycles. The summed E-state index contributed by atoms with van der Waals surface area (Å²) in [5, 5.41) is 0. The SMILES string of the molecule is CCOC(=O)C(C)C(=O)OC1CC(C)CCC1C(C)C. The quantitative estimate of drug-likeness (QED) is 0.574. The lowest BCUT2D eigenvalue weighted by molar-refractivity contribution is -0.168. The number of carbonyl (C=O) groups excluding carboxylic acids is 2. The third kappa shape index (κ3) is 4.50. The van der Waals surface area contributed by atoms with Crippen molar-refractivity contribution in [1.29, 1.82) is 0 Å². The van der Waals surface area contributed by atoms with Crippen molar-refractivity contribution in [2.45, 2.75) is 60.0 Å². The summed E-state index contributed by atoms with van der Waals surface area (Å²) in [4.78, 5) is 23.7. The summed E-state index contributed by atoms with van der Waals surface area (Å²) in [6, 6.07) is 0. The van der Waals surface area contributed by atoms with Crippen LogP contribution in [0.15, 0.2) is 0 Å². The van der Waals surface area contributed by atoms with Crippen LogP contribution in [0.5, 0.6) is 0 Å². The molecule has 1 aliphatic rings. The van der Waals surface area contributed by atoms with E-state index >= 15 is 0 Å². The lowest BCUT2D eigenvalue weighted by Crippen LogP contribution is -2.38. The molecule has 4 nitrogen and oxygen atoms in total. The molecule has 0 aromatic rings. The minimum absolute atomic E-state index is 0.0665. The normalized spacial score (nSPS) is 28.0. The molecule has 1 fully saturated rings.